The van der Waals surface area contributed by atoms with Gasteiger partial charge in [0.15, 0.2) is 0 Å². The van der Waals surface area contributed by atoms with Crippen LogP contribution in [-0.4, -0.2) is 24.5 Å². The molecule has 1 N–H and O–H groups in total. The fourth-order valence-corrected chi connectivity index (χ4v) is 3.63. The maximum Gasteiger partial charge on any atom is 0.134 e. The highest BCUT2D eigenvalue weighted by atomic mass is 16.3. The summed E-state index contributed by atoms with van der Waals surface area (Å²) < 4.78 is 6.06. The van der Waals surface area contributed by atoms with Crippen LogP contribution in [0.25, 0.3) is 11.0 Å². The van der Waals surface area contributed by atoms with Crippen molar-refractivity contribution in [3.05, 3.63) is 35.6 Å². The molecule has 0 aliphatic carbocycles. The molecule has 3 nitrogen and oxygen atoms in total. The number of furan rings is 1. The maximum absolute atomic E-state index is 6.06. The number of rotatable bonds is 5. The van der Waals surface area contributed by atoms with E-state index in [2.05, 4.69) is 42.3 Å². The van der Waals surface area contributed by atoms with Gasteiger partial charge in [0, 0.05) is 23.5 Å². The van der Waals surface area contributed by atoms with Crippen LogP contribution in [0.3, 0.4) is 0 Å². The highest BCUT2D eigenvalue weighted by Gasteiger charge is 2.28. The molecule has 114 valence electrons. The van der Waals surface area contributed by atoms with Crippen molar-refractivity contribution in [3.8, 4) is 0 Å². The minimum absolute atomic E-state index is 0.709. The molecule has 1 aliphatic heterocycles. The quantitative estimate of drug-likeness (QED) is 0.907. The summed E-state index contributed by atoms with van der Waals surface area (Å²) in [6.45, 7) is 7.69. The van der Waals surface area contributed by atoms with Crippen molar-refractivity contribution in [1.29, 1.82) is 0 Å². The SMILES string of the molecule is CNCc1oc2ccccc2c1CN1CCCC1C(C)C. The predicted molar refractivity (Wildman–Crippen MR) is 87.2 cm³/mol. The van der Waals surface area contributed by atoms with E-state index in [4.69, 9.17) is 4.42 Å². The van der Waals surface area contributed by atoms with Crippen molar-refractivity contribution in [2.24, 2.45) is 5.92 Å². The average Bonchev–Trinajstić information content (AvgIpc) is 3.06. The van der Waals surface area contributed by atoms with Crippen molar-refractivity contribution in [1.82, 2.24) is 10.2 Å². The summed E-state index contributed by atoms with van der Waals surface area (Å²) in [7, 11) is 1.98. The van der Waals surface area contributed by atoms with Crippen LogP contribution < -0.4 is 5.32 Å². The molecule has 1 atom stereocenters. The van der Waals surface area contributed by atoms with Crippen molar-refractivity contribution < 1.29 is 4.42 Å². The van der Waals surface area contributed by atoms with E-state index in [1.807, 2.05) is 13.1 Å². The first-order chi connectivity index (χ1) is 10.2. The monoisotopic (exact) mass is 286 g/mol. The number of para-hydroxylation sites is 1. The largest absolute Gasteiger partial charge is 0.459 e. The van der Waals surface area contributed by atoms with Crippen molar-refractivity contribution in [2.45, 2.75) is 45.8 Å². The topological polar surface area (TPSA) is 28.4 Å². The lowest BCUT2D eigenvalue weighted by Crippen LogP contribution is -2.33. The molecule has 0 bridgehead atoms. The number of nitrogens with one attached hydrogen (secondary N) is 1. The first kappa shape index (κ1) is 14.6. The molecule has 0 saturated carbocycles. The van der Waals surface area contributed by atoms with Crippen molar-refractivity contribution >= 4 is 11.0 Å². The Morgan fingerprint density at radius 1 is 1.33 bits per heavy atom. The zero-order valence-electron chi connectivity index (χ0n) is 13.4. The molecule has 1 fully saturated rings. The molecule has 1 aliphatic rings. The van der Waals surface area contributed by atoms with E-state index in [1.165, 1.54) is 30.3 Å². The molecule has 3 heteroatoms. The Hall–Kier alpha value is -1.32. The number of nitrogens with zero attached hydrogens (tertiary/aromatic N) is 1. The fourth-order valence-electron chi connectivity index (χ4n) is 3.63. The van der Waals surface area contributed by atoms with Crippen LogP contribution in [-0.2, 0) is 13.1 Å². The molecule has 3 rings (SSSR count). The molecule has 21 heavy (non-hydrogen) atoms. The average molecular weight is 286 g/mol. The lowest BCUT2D eigenvalue weighted by atomic mass is 10.0. The van der Waals surface area contributed by atoms with E-state index in [1.54, 1.807) is 0 Å². The second kappa shape index (κ2) is 6.20. The van der Waals surface area contributed by atoms with Crippen LogP contribution in [0.5, 0.6) is 0 Å². The van der Waals surface area contributed by atoms with Gasteiger partial charge in [-0.2, -0.15) is 0 Å². The van der Waals surface area contributed by atoms with Gasteiger partial charge in [0.1, 0.15) is 11.3 Å². The standard InChI is InChI=1S/C18H26N2O/c1-13(2)16-8-6-10-20(16)12-15-14-7-4-5-9-17(14)21-18(15)11-19-3/h4-5,7,9,13,16,19H,6,8,10-12H2,1-3H3. The third kappa shape index (κ3) is 2.85. The summed E-state index contributed by atoms with van der Waals surface area (Å²) in [5.41, 5.74) is 2.38. The minimum atomic E-state index is 0.709. The number of fused-ring (bicyclic) bond motifs is 1. The van der Waals surface area contributed by atoms with Gasteiger partial charge in [0.25, 0.3) is 0 Å². The van der Waals surface area contributed by atoms with Crippen LogP contribution >= 0.6 is 0 Å². The molecule has 0 spiro atoms. The highest BCUT2D eigenvalue weighted by molar-refractivity contribution is 5.82. The first-order valence-corrected chi connectivity index (χ1v) is 8.08. The molecule has 1 aromatic heterocycles. The van der Waals surface area contributed by atoms with Gasteiger partial charge in [-0.25, -0.2) is 0 Å². The zero-order valence-corrected chi connectivity index (χ0v) is 13.4. The first-order valence-electron chi connectivity index (χ1n) is 8.08. The van der Waals surface area contributed by atoms with Crippen molar-refractivity contribution in [2.75, 3.05) is 13.6 Å². The molecule has 0 radical (unpaired) electrons. The Kier molecular flexibility index (Phi) is 4.32. The van der Waals surface area contributed by atoms with Gasteiger partial charge in [-0.05, 0) is 38.4 Å². The van der Waals surface area contributed by atoms with Gasteiger partial charge in [-0.1, -0.05) is 32.0 Å². The molecule has 2 heterocycles. The summed E-state index contributed by atoms with van der Waals surface area (Å²) >= 11 is 0. The number of hydrogen-bond acceptors (Lipinski definition) is 3. The molecule has 1 unspecified atom stereocenters. The number of likely N-dealkylation sites (tertiary alicyclic amines) is 1. The van der Waals surface area contributed by atoms with Crippen LogP contribution in [0.4, 0.5) is 0 Å². The Bertz CT molecular complexity index is 602. The van der Waals surface area contributed by atoms with Gasteiger partial charge in [-0.15, -0.1) is 0 Å². The van der Waals surface area contributed by atoms with Crippen LogP contribution in [0, 0.1) is 5.92 Å². The molecular weight excluding hydrogens is 260 g/mol. The summed E-state index contributed by atoms with van der Waals surface area (Å²) in [5.74, 6) is 1.81. The van der Waals surface area contributed by atoms with Gasteiger partial charge >= 0.3 is 0 Å². The van der Waals surface area contributed by atoms with E-state index in [9.17, 15) is 0 Å². The molecule has 2 aromatic rings. The summed E-state index contributed by atoms with van der Waals surface area (Å²) in [6.07, 6.45) is 2.65. The normalized spacial score (nSPS) is 19.9. The van der Waals surface area contributed by atoms with Gasteiger partial charge < -0.3 is 9.73 Å². The molecular formula is C18H26N2O. The third-order valence-corrected chi connectivity index (χ3v) is 4.66. The summed E-state index contributed by atoms with van der Waals surface area (Å²) in [6, 6.07) is 9.12. The molecule has 1 aromatic carbocycles. The fraction of sp³-hybridized carbons (Fsp3) is 0.556. The predicted octanol–water partition coefficient (Wildman–Crippen LogP) is 3.77. The van der Waals surface area contributed by atoms with E-state index in [0.717, 1.165) is 30.4 Å². The third-order valence-electron chi connectivity index (χ3n) is 4.66. The van der Waals surface area contributed by atoms with E-state index < -0.39 is 0 Å². The Labute approximate surface area is 127 Å². The Morgan fingerprint density at radius 2 is 2.14 bits per heavy atom. The Morgan fingerprint density at radius 3 is 2.90 bits per heavy atom. The van der Waals surface area contributed by atoms with Crippen LogP contribution in [0.2, 0.25) is 0 Å². The van der Waals surface area contributed by atoms with Crippen LogP contribution in [0.1, 0.15) is 38.0 Å². The van der Waals surface area contributed by atoms with Crippen LogP contribution in [0.15, 0.2) is 28.7 Å². The zero-order chi connectivity index (χ0) is 14.8. The summed E-state index contributed by atoms with van der Waals surface area (Å²) in [5, 5.41) is 4.51. The smallest absolute Gasteiger partial charge is 0.134 e. The minimum Gasteiger partial charge on any atom is -0.459 e. The summed E-state index contributed by atoms with van der Waals surface area (Å²) in [4.78, 5) is 2.64. The number of hydrogen-bond donors (Lipinski definition) is 1. The van der Waals surface area contributed by atoms with Gasteiger partial charge in [0.05, 0.1) is 6.54 Å². The van der Waals surface area contributed by atoms with E-state index in [-0.39, 0.29) is 0 Å². The van der Waals surface area contributed by atoms with Crippen molar-refractivity contribution in [3.63, 3.8) is 0 Å². The lowest BCUT2D eigenvalue weighted by Gasteiger charge is -2.27. The second-order valence-corrected chi connectivity index (χ2v) is 6.45. The number of benzene rings is 1. The van der Waals surface area contributed by atoms with E-state index in [0.29, 0.717) is 6.04 Å². The highest BCUT2D eigenvalue weighted by Crippen LogP contribution is 2.31. The van der Waals surface area contributed by atoms with E-state index >= 15 is 0 Å². The van der Waals surface area contributed by atoms with Gasteiger partial charge in [-0.3, -0.25) is 4.90 Å². The maximum atomic E-state index is 6.06. The molecule has 0 amide bonds. The molecule has 1 saturated heterocycles. The Balaban J connectivity index is 1.93. The lowest BCUT2D eigenvalue weighted by molar-refractivity contribution is 0.198. The van der Waals surface area contributed by atoms with Gasteiger partial charge in [0.2, 0.25) is 0 Å². The second-order valence-electron chi connectivity index (χ2n) is 6.45.